The second-order valence-corrected chi connectivity index (χ2v) is 5.22. The molecule has 0 radical (unpaired) electrons. The average Bonchev–Trinajstić information content (AvgIpc) is 2.59. The molecular weight excluding hydrogens is 306 g/mol. The fourth-order valence-electron chi connectivity index (χ4n) is 2.09. The fourth-order valence-corrected chi connectivity index (χ4v) is 2.09. The van der Waals surface area contributed by atoms with Gasteiger partial charge in [-0.1, -0.05) is 18.2 Å². The quantitative estimate of drug-likeness (QED) is 0.785. The molecule has 2 aromatic carbocycles. The van der Waals surface area contributed by atoms with Gasteiger partial charge < -0.3 is 16.0 Å². The summed E-state index contributed by atoms with van der Waals surface area (Å²) >= 11 is 0. The zero-order valence-electron chi connectivity index (χ0n) is 13.6. The molecule has 24 heavy (non-hydrogen) atoms. The van der Waals surface area contributed by atoms with E-state index < -0.39 is 0 Å². The largest absolute Gasteiger partial charge is 0.355 e. The summed E-state index contributed by atoms with van der Waals surface area (Å²) in [5.41, 5.74) is 2.42. The van der Waals surface area contributed by atoms with Crippen molar-refractivity contribution in [1.82, 2.24) is 10.6 Å². The minimum Gasteiger partial charge on any atom is -0.355 e. The fraction of sp³-hybridized carbons (Fsp3) is 0.167. The monoisotopic (exact) mass is 325 g/mol. The second-order valence-electron chi connectivity index (χ2n) is 5.22. The van der Waals surface area contributed by atoms with E-state index in [1.54, 1.807) is 55.6 Å². The number of benzene rings is 2. The lowest BCUT2D eigenvalue weighted by Crippen LogP contribution is -2.19. The van der Waals surface area contributed by atoms with Crippen LogP contribution >= 0.6 is 0 Å². The Labute approximate surface area is 140 Å². The van der Waals surface area contributed by atoms with Crippen molar-refractivity contribution in [1.29, 1.82) is 0 Å². The third-order valence-corrected chi connectivity index (χ3v) is 3.37. The maximum absolute atomic E-state index is 12.3. The van der Waals surface area contributed by atoms with Gasteiger partial charge in [0.2, 0.25) is 5.91 Å². The van der Waals surface area contributed by atoms with E-state index in [9.17, 15) is 14.4 Å². The molecule has 0 bridgehead atoms. The van der Waals surface area contributed by atoms with Crippen molar-refractivity contribution in [3.63, 3.8) is 0 Å². The molecule has 0 saturated carbocycles. The van der Waals surface area contributed by atoms with E-state index >= 15 is 0 Å². The lowest BCUT2D eigenvalue weighted by atomic mass is 10.1. The second kappa shape index (κ2) is 7.92. The van der Waals surface area contributed by atoms with Gasteiger partial charge in [-0.05, 0) is 35.9 Å². The van der Waals surface area contributed by atoms with Crippen LogP contribution in [-0.4, -0.2) is 24.8 Å². The molecule has 0 fully saturated rings. The van der Waals surface area contributed by atoms with E-state index in [-0.39, 0.29) is 17.7 Å². The van der Waals surface area contributed by atoms with Crippen molar-refractivity contribution in [3.8, 4) is 0 Å². The minimum absolute atomic E-state index is 0.104. The Morgan fingerprint density at radius 3 is 2.25 bits per heavy atom. The first-order valence-electron chi connectivity index (χ1n) is 7.46. The first kappa shape index (κ1) is 17.2. The summed E-state index contributed by atoms with van der Waals surface area (Å²) in [6.45, 7) is 1.88. The van der Waals surface area contributed by atoms with Crippen LogP contribution in [0.2, 0.25) is 0 Å². The summed E-state index contributed by atoms with van der Waals surface area (Å²) in [7, 11) is 1.55. The first-order valence-corrected chi connectivity index (χ1v) is 7.46. The number of rotatable bonds is 5. The number of carbonyl (C=O) groups excluding carboxylic acids is 3. The van der Waals surface area contributed by atoms with Gasteiger partial charge in [0.05, 0.1) is 0 Å². The molecule has 0 saturated heterocycles. The third-order valence-electron chi connectivity index (χ3n) is 3.37. The van der Waals surface area contributed by atoms with Crippen molar-refractivity contribution in [2.75, 3.05) is 12.4 Å². The molecule has 2 rings (SSSR count). The number of carbonyl (C=O) groups is 3. The number of nitrogens with one attached hydrogen (secondary N) is 3. The Bertz CT molecular complexity index is 754. The highest BCUT2D eigenvalue weighted by molar-refractivity contribution is 6.05. The van der Waals surface area contributed by atoms with Crippen molar-refractivity contribution in [2.45, 2.75) is 13.5 Å². The molecule has 0 unspecified atom stereocenters. The van der Waals surface area contributed by atoms with Crippen LogP contribution in [0.3, 0.4) is 0 Å². The molecule has 0 aliphatic rings. The zero-order chi connectivity index (χ0) is 17.5. The summed E-state index contributed by atoms with van der Waals surface area (Å²) in [6, 6.07) is 13.7. The minimum atomic E-state index is -0.268. The number of hydrogen-bond acceptors (Lipinski definition) is 3. The first-order chi connectivity index (χ1) is 11.5. The molecule has 0 heterocycles. The van der Waals surface area contributed by atoms with Crippen LogP contribution in [0.5, 0.6) is 0 Å². The van der Waals surface area contributed by atoms with Gasteiger partial charge in [0, 0.05) is 37.3 Å². The van der Waals surface area contributed by atoms with E-state index in [1.165, 1.54) is 6.92 Å². The van der Waals surface area contributed by atoms with Crippen molar-refractivity contribution in [3.05, 3.63) is 65.2 Å². The Hall–Kier alpha value is -3.15. The van der Waals surface area contributed by atoms with Gasteiger partial charge in [0.1, 0.15) is 0 Å². The number of hydrogen-bond donors (Lipinski definition) is 3. The molecule has 0 spiro atoms. The lowest BCUT2D eigenvalue weighted by molar-refractivity contribution is -0.119. The van der Waals surface area contributed by atoms with Crippen molar-refractivity contribution >= 4 is 23.4 Å². The molecule has 0 aromatic heterocycles. The Balaban J connectivity index is 2.04. The average molecular weight is 325 g/mol. The van der Waals surface area contributed by atoms with Gasteiger partial charge in [0.15, 0.2) is 0 Å². The van der Waals surface area contributed by atoms with Crippen LogP contribution in [0.1, 0.15) is 33.2 Å². The Kier molecular flexibility index (Phi) is 5.68. The molecule has 6 nitrogen and oxygen atoms in total. The lowest BCUT2D eigenvalue weighted by Gasteiger charge is -2.08. The molecule has 0 aliphatic carbocycles. The Morgan fingerprint density at radius 2 is 1.62 bits per heavy atom. The van der Waals surface area contributed by atoms with Gasteiger partial charge in [-0.2, -0.15) is 0 Å². The topological polar surface area (TPSA) is 87.3 Å². The normalized spacial score (nSPS) is 9.92. The Morgan fingerprint density at radius 1 is 0.917 bits per heavy atom. The molecule has 124 valence electrons. The van der Waals surface area contributed by atoms with Crippen molar-refractivity contribution < 1.29 is 14.4 Å². The predicted octanol–water partition coefficient (Wildman–Crippen LogP) is 1.93. The van der Waals surface area contributed by atoms with Crippen LogP contribution in [0.4, 0.5) is 5.69 Å². The number of amides is 3. The van der Waals surface area contributed by atoms with Gasteiger partial charge in [-0.15, -0.1) is 0 Å². The molecule has 3 N–H and O–H groups in total. The number of anilines is 1. The van der Waals surface area contributed by atoms with Gasteiger partial charge >= 0.3 is 0 Å². The molecule has 2 aromatic rings. The summed E-state index contributed by atoms with van der Waals surface area (Å²) in [5.74, 6) is -0.587. The summed E-state index contributed by atoms with van der Waals surface area (Å²) < 4.78 is 0. The van der Waals surface area contributed by atoms with Gasteiger partial charge in [-0.3, -0.25) is 14.4 Å². The zero-order valence-corrected chi connectivity index (χ0v) is 13.6. The SMILES string of the molecule is CNC(=O)c1cccc(NC(=O)c2ccc(CNC(C)=O)cc2)c1. The van der Waals surface area contributed by atoms with E-state index in [0.717, 1.165) is 5.56 Å². The summed E-state index contributed by atoms with van der Waals surface area (Å²) in [4.78, 5) is 34.8. The molecule has 6 heteroatoms. The van der Waals surface area contributed by atoms with Crippen LogP contribution < -0.4 is 16.0 Å². The van der Waals surface area contributed by atoms with E-state index in [1.807, 2.05) is 0 Å². The van der Waals surface area contributed by atoms with Gasteiger partial charge in [0.25, 0.3) is 11.8 Å². The van der Waals surface area contributed by atoms with Crippen LogP contribution in [0, 0.1) is 0 Å². The maximum atomic E-state index is 12.3. The third kappa shape index (κ3) is 4.67. The molecule has 0 atom stereocenters. The smallest absolute Gasteiger partial charge is 0.255 e. The van der Waals surface area contributed by atoms with Crippen LogP contribution in [0.15, 0.2) is 48.5 Å². The van der Waals surface area contributed by atoms with E-state index in [0.29, 0.717) is 23.4 Å². The highest BCUT2D eigenvalue weighted by Crippen LogP contribution is 2.13. The van der Waals surface area contributed by atoms with Gasteiger partial charge in [-0.25, -0.2) is 0 Å². The molecule has 3 amide bonds. The van der Waals surface area contributed by atoms with E-state index in [4.69, 9.17) is 0 Å². The van der Waals surface area contributed by atoms with Crippen molar-refractivity contribution in [2.24, 2.45) is 0 Å². The highest BCUT2D eigenvalue weighted by Gasteiger charge is 2.08. The molecular formula is C18H19N3O3. The summed E-state index contributed by atoms with van der Waals surface area (Å²) in [6.07, 6.45) is 0. The van der Waals surface area contributed by atoms with Crippen LogP contribution in [0.25, 0.3) is 0 Å². The summed E-state index contributed by atoms with van der Waals surface area (Å²) in [5, 5.41) is 7.99. The van der Waals surface area contributed by atoms with Crippen LogP contribution in [-0.2, 0) is 11.3 Å². The predicted molar refractivity (Wildman–Crippen MR) is 91.7 cm³/mol. The van der Waals surface area contributed by atoms with E-state index in [2.05, 4.69) is 16.0 Å². The highest BCUT2D eigenvalue weighted by atomic mass is 16.2. The maximum Gasteiger partial charge on any atom is 0.255 e. The molecule has 0 aliphatic heterocycles. The standard InChI is InChI=1S/C18H19N3O3/c1-12(22)20-11-13-6-8-14(9-7-13)18(24)21-16-5-3-4-15(10-16)17(23)19-2/h3-10H,11H2,1-2H3,(H,19,23)(H,20,22)(H,21,24).